The molecule has 4 aromatic rings. The quantitative estimate of drug-likeness (QED) is 0.456. The number of anilines is 1. The molecule has 0 saturated carbocycles. The number of benzene rings is 3. The fourth-order valence-electron chi connectivity index (χ4n) is 3.35. The van der Waals surface area contributed by atoms with E-state index in [0.29, 0.717) is 29.0 Å². The van der Waals surface area contributed by atoms with Crippen LogP contribution >= 0.6 is 0 Å². The molecule has 3 aromatic carbocycles. The monoisotopic (exact) mass is 417 g/mol. The summed E-state index contributed by atoms with van der Waals surface area (Å²) in [5, 5.41) is 3.43. The Morgan fingerprint density at radius 3 is 2.52 bits per heavy atom. The van der Waals surface area contributed by atoms with Gasteiger partial charge in [0.2, 0.25) is 0 Å². The summed E-state index contributed by atoms with van der Waals surface area (Å²) in [5.41, 5.74) is 2.99. The molecule has 0 radical (unpaired) electrons. The number of carbonyl (C=O) groups excluding carboxylic acids is 1. The lowest BCUT2D eigenvalue weighted by Crippen LogP contribution is -2.20. The van der Waals surface area contributed by atoms with Crippen molar-refractivity contribution in [3.8, 4) is 5.75 Å². The van der Waals surface area contributed by atoms with E-state index in [1.807, 2.05) is 43.3 Å². The number of fused-ring (bicyclic) bond motifs is 1. The zero-order chi connectivity index (χ0) is 21.8. The summed E-state index contributed by atoms with van der Waals surface area (Å²) in [6, 6.07) is 20.3. The van der Waals surface area contributed by atoms with Gasteiger partial charge in [-0.05, 0) is 54.4 Å². The average molecular weight is 417 g/mol. The summed E-state index contributed by atoms with van der Waals surface area (Å²) in [7, 11) is 0. The van der Waals surface area contributed by atoms with Crippen molar-refractivity contribution in [3.63, 3.8) is 0 Å². The lowest BCUT2D eigenvalue weighted by Gasteiger charge is -2.10. The second-order valence-electron chi connectivity index (χ2n) is 7.16. The molecular formula is C25H20FNO4. The van der Waals surface area contributed by atoms with Crippen molar-refractivity contribution < 1.29 is 18.3 Å². The summed E-state index contributed by atoms with van der Waals surface area (Å²) < 4.78 is 24.0. The molecule has 0 aliphatic carbocycles. The van der Waals surface area contributed by atoms with Gasteiger partial charge in [-0.15, -0.1) is 0 Å². The van der Waals surface area contributed by atoms with Crippen molar-refractivity contribution in [1.29, 1.82) is 0 Å². The Hall–Kier alpha value is -3.93. The molecule has 0 aliphatic heterocycles. The van der Waals surface area contributed by atoms with Crippen LogP contribution in [0, 0.1) is 12.7 Å². The van der Waals surface area contributed by atoms with E-state index < -0.39 is 0 Å². The number of hydrogen-bond acceptors (Lipinski definition) is 4. The summed E-state index contributed by atoms with van der Waals surface area (Å²) in [6.45, 7) is 1.66. The molecule has 156 valence electrons. The van der Waals surface area contributed by atoms with Gasteiger partial charge in [0.1, 0.15) is 17.1 Å². The van der Waals surface area contributed by atoms with Crippen LogP contribution in [0.1, 0.15) is 16.7 Å². The number of nitrogens with one attached hydrogen (secondary N) is 1. The number of ether oxygens (including phenoxy) is 1. The van der Waals surface area contributed by atoms with Gasteiger partial charge in [0.15, 0.2) is 6.61 Å². The van der Waals surface area contributed by atoms with Crippen molar-refractivity contribution in [1.82, 2.24) is 0 Å². The second-order valence-corrected chi connectivity index (χ2v) is 7.16. The molecule has 4 rings (SSSR count). The van der Waals surface area contributed by atoms with Gasteiger partial charge in [0.05, 0.1) is 0 Å². The number of aryl methyl sites for hydroxylation is 1. The van der Waals surface area contributed by atoms with E-state index >= 15 is 0 Å². The first kappa shape index (κ1) is 20.3. The molecular weight excluding hydrogens is 397 g/mol. The van der Waals surface area contributed by atoms with Crippen LogP contribution in [0.4, 0.5) is 10.1 Å². The van der Waals surface area contributed by atoms with Crippen molar-refractivity contribution >= 4 is 22.6 Å². The summed E-state index contributed by atoms with van der Waals surface area (Å²) in [6.07, 6.45) is 0.493. The predicted octanol–water partition coefficient (Wildman–Crippen LogP) is 4.85. The van der Waals surface area contributed by atoms with Crippen molar-refractivity contribution in [2.24, 2.45) is 0 Å². The Bertz CT molecular complexity index is 1280. The molecule has 0 spiro atoms. The Morgan fingerprint density at radius 2 is 1.77 bits per heavy atom. The molecule has 0 fully saturated rings. The fourth-order valence-corrected chi connectivity index (χ4v) is 3.35. The minimum Gasteiger partial charge on any atom is -0.484 e. The third-order valence-corrected chi connectivity index (χ3v) is 4.98. The molecule has 0 aliphatic rings. The van der Waals surface area contributed by atoms with Gasteiger partial charge in [-0.3, -0.25) is 4.79 Å². The molecule has 5 nitrogen and oxygen atoms in total. The first-order chi connectivity index (χ1) is 15.0. The standard InChI is InChI=1S/C25H20FNO4/c1-16-21-12-11-20(30-15-24(28)27-19-9-7-18(26)8-10-19)14-23(21)31-25(29)22(16)13-17-5-3-2-4-6-17/h2-12,14H,13,15H2,1H3,(H,27,28). The van der Waals surface area contributed by atoms with Crippen LogP contribution in [0.25, 0.3) is 11.0 Å². The van der Waals surface area contributed by atoms with Crippen LogP contribution in [0.2, 0.25) is 0 Å². The number of rotatable bonds is 6. The first-order valence-corrected chi connectivity index (χ1v) is 9.78. The van der Waals surface area contributed by atoms with Crippen LogP contribution in [-0.4, -0.2) is 12.5 Å². The number of carbonyl (C=O) groups is 1. The minimum absolute atomic E-state index is 0.238. The summed E-state index contributed by atoms with van der Waals surface area (Å²) >= 11 is 0. The zero-order valence-corrected chi connectivity index (χ0v) is 16.9. The normalized spacial score (nSPS) is 10.8. The molecule has 1 N–H and O–H groups in total. The smallest absolute Gasteiger partial charge is 0.340 e. The molecule has 0 atom stereocenters. The summed E-state index contributed by atoms with van der Waals surface area (Å²) in [5.74, 6) is -0.364. The van der Waals surface area contributed by atoms with Gasteiger partial charge in [-0.25, -0.2) is 9.18 Å². The molecule has 1 aromatic heterocycles. The molecule has 0 bridgehead atoms. The molecule has 0 unspecified atom stereocenters. The fraction of sp³-hybridized carbons (Fsp3) is 0.120. The van der Waals surface area contributed by atoms with E-state index in [1.165, 1.54) is 24.3 Å². The van der Waals surface area contributed by atoms with Crippen molar-refractivity contribution in [2.75, 3.05) is 11.9 Å². The van der Waals surface area contributed by atoms with E-state index in [0.717, 1.165) is 16.5 Å². The Balaban J connectivity index is 1.49. The maximum atomic E-state index is 12.9. The van der Waals surface area contributed by atoms with E-state index in [2.05, 4.69) is 5.32 Å². The van der Waals surface area contributed by atoms with Crippen LogP contribution in [-0.2, 0) is 11.2 Å². The van der Waals surface area contributed by atoms with E-state index in [1.54, 1.807) is 12.1 Å². The third kappa shape index (κ3) is 4.80. The van der Waals surface area contributed by atoms with Gasteiger partial charge in [-0.2, -0.15) is 0 Å². The van der Waals surface area contributed by atoms with E-state index in [9.17, 15) is 14.0 Å². The largest absolute Gasteiger partial charge is 0.484 e. The predicted molar refractivity (Wildman–Crippen MR) is 117 cm³/mol. The highest BCUT2D eigenvalue weighted by Gasteiger charge is 2.13. The van der Waals surface area contributed by atoms with Gasteiger partial charge in [0, 0.05) is 29.1 Å². The summed E-state index contributed by atoms with van der Waals surface area (Å²) in [4.78, 5) is 24.6. The van der Waals surface area contributed by atoms with Crippen molar-refractivity contribution in [2.45, 2.75) is 13.3 Å². The molecule has 6 heteroatoms. The van der Waals surface area contributed by atoms with Gasteiger partial charge in [-0.1, -0.05) is 30.3 Å². The second kappa shape index (κ2) is 8.83. The zero-order valence-electron chi connectivity index (χ0n) is 16.9. The number of hydrogen-bond donors (Lipinski definition) is 1. The third-order valence-electron chi connectivity index (χ3n) is 4.98. The Kier molecular flexibility index (Phi) is 5.80. The van der Waals surface area contributed by atoms with Crippen LogP contribution < -0.4 is 15.7 Å². The highest BCUT2D eigenvalue weighted by molar-refractivity contribution is 5.92. The maximum Gasteiger partial charge on any atom is 0.340 e. The van der Waals surface area contributed by atoms with Crippen molar-refractivity contribution in [3.05, 3.63) is 106 Å². The molecule has 1 heterocycles. The average Bonchev–Trinajstić information content (AvgIpc) is 2.77. The highest BCUT2D eigenvalue weighted by Crippen LogP contribution is 2.25. The molecule has 31 heavy (non-hydrogen) atoms. The number of halogens is 1. The van der Waals surface area contributed by atoms with Gasteiger partial charge < -0.3 is 14.5 Å². The maximum absolute atomic E-state index is 12.9. The highest BCUT2D eigenvalue weighted by atomic mass is 19.1. The molecule has 0 saturated heterocycles. The SMILES string of the molecule is Cc1c(Cc2ccccc2)c(=O)oc2cc(OCC(=O)Nc3ccc(F)cc3)ccc12. The van der Waals surface area contributed by atoms with E-state index in [4.69, 9.17) is 9.15 Å². The minimum atomic E-state index is -0.389. The van der Waals surface area contributed by atoms with Crippen LogP contribution in [0.3, 0.4) is 0 Å². The Morgan fingerprint density at radius 1 is 1.03 bits per heavy atom. The lowest BCUT2D eigenvalue weighted by atomic mass is 10.00. The Labute approximate surface area is 178 Å². The van der Waals surface area contributed by atoms with E-state index in [-0.39, 0.29) is 24.0 Å². The molecule has 1 amide bonds. The lowest BCUT2D eigenvalue weighted by molar-refractivity contribution is -0.118. The first-order valence-electron chi connectivity index (χ1n) is 9.78. The number of amides is 1. The topological polar surface area (TPSA) is 68.5 Å². The van der Waals surface area contributed by atoms with Crippen LogP contribution in [0.5, 0.6) is 5.75 Å². The van der Waals surface area contributed by atoms with Gasteiger partial charge >= 0.3 is 5.63 Å². The van der Waals surface area contributed by atoms with Crippen LogP contribution in [0.15, 0.2) is 82.0 Å². The van der Waals surface area contributed by atoms with Gasteiger partial charge in [0.25, 0.3) is 5.91 Å².